The van der Waals surface area contributed by atoms with Gasteiger partial charge in [0.25, 0.3) is 0 Å². The molecule has 0 saturated carbocycles. The van der Waals surface area contributed by atoms with Gasteiger partial charge in [0, 0.05) is 16.7 Å². The average Bonchev–Trinajstić information content (AvgIpc) is 3.25. The molecule has 0 atom stereocenters. The largest absolute Gasteiger partial charge is 0.208 e. The highest BCUT2D eigenvalue weighted by Crippen LogP contribution is 2.44. The Morgan fingerprint density at radius 3 is 1.37 bits per heavy atom. The minimum Gasteiger partial charge on any atom is -0.208 e. The van der Waals surface area contributed by atoms with Gasteiger partial charge in [0.2, 0.25) is 0 Å². The van der Waals surface area contributed by atoms with Crippen molar-refractivity contribution >= 4 is 64.6 Å². The molecule has 0 saturated heterocycles. The summed E-state index contributed by atoms with van der Waals surface area (Å²) in [5, 5.41) is 24.5. The van der Waals surface area contributed by atoms with Crippen molar-refractivity contribution in [3.8, 4) is 51.4 Å². The van der Waals surface area contributed by atoms with E-state index in [9.17, 15) is 5.26 Å². The molecule has 0 bridgehead atoms. The number of aromatic nitrogens is 3. The number of benzene rings is 9. The number of hydrogen-bond acceptors (Lipinski definition) is 4. The van der Waals surface area contributed by atoms with E-state index in [0.717, 1.165) is 27.8 Å². The highest BCUT2D eigenvalue weighted by Gasteiger charge is 2.17. The molecule has 1 aromatic heterocycles. The quantitative estimate of drug-likeness (QED) is 0.173. The fraction of sp³-hybridized carbons (Fsp3) is 0. The first-order chi connectivity index (χ1) is 26.7. The van der Waals surface area contributed by atoms with E-state index in [1.54, 1.807) is 12.1 Å². The van der Waals surface area contributed by atoms with Gasteiger partial charge in [-0.15, -0.1) is 0 Å². The van der Waals surface area contributed by atoms with Crippen LogP contribution in [-0.2, 0) is 0 Å². The molecule has 0 fully saturated rings. The third kappa shape index (κ3) is 4.66. The maximum atomic E-state index is 9.39. The van der Waals surface area contributed by atoms with Crippen molar-refractivity contribution in [2.75, 3.05) is 0 Å². The first-order valence-corrected chi connectivity index (χ1v) is 18.1. The zero-order valence-electron chi connectivity index (χ0n) is 29.0. The molecule has 10 aromatic carbocycles. The Morgan fingerprint density at radius 2 is 0.778 bits per heavy atom. The molecule has 1 heterocycles. The van der Waals surface area contributed by atoms with Crippen LogP contribution >= 0.6 is 0 Å². The highest BCUT2D eigenvalue weighted by atomic mass is 15.0. The number of fused-ring (bicyclic) bond motifs is 2. The molecule has 4 heteroatoms. The summed E-state index contributed by atoms with van der Waals surface area (Å²) in [6, 6.07) is 62.0. The van der Waals surface area contributed by atoms with Crippen LogP contribution < -0.4 is 0 Å². The molecule has 11 rings (SSSR count). The van der Waals surface area contributed by atoms with Crippen LogP contribution in [-0.4, -0.2) is 15.0 Å². The summed E-state index contributed by atoms with van der Waals surface area (Å²) in [6.07, 6.45) is 0. The lowest BCUT2D eigenvalue weighted by atomic mass is 9.86. The van der Waals surface area contributed by atoms with Crippen LogP contribution in [0.15, 0.2) is 170 Å². The molecule has 0 N–H and O–H groups in total. The van der Waals surface area contributed by atoms with Crippen molar-refractivity contribution in [3.63, 3.8) is 0 Å². The van der Waals surface area contributed by atoms with E-state index in [2.05, 4.69) is 121 Å². The molecular formula is C50H28N4. The molecule has 0 aliphatic heterocycles. The third-order valence-electron chi connectivity index (χ3n) is 10.8. The summed E-state index contributed by atoms with van der Waals surface area (Å²) in [4.78, 5) is 14.9. The molecule has 0 spiro atoms. The molecule has 0 radical (unpaired) electrons. The predicted octanol–water partition coefficient (Wildman–Crippen LogP) is 12.8. The summed E-state index contributed by atoms with van der Waals surface area (Å²) in [5.41, 5.74) is 5.42. The topological polar surface area (TPSA) is 62.5 Å². The van der Waals surface area contributed by atoms with E-state index in [0.29, 0.717) is 23.0 Å². The fourth-order valence-electron chi connectivity index (χ4n) is 8.33. The monoisotopic (exact) mass is 684 g/mol. The van der Waals surface area contributed by atoms with Crippen LogP contribution in [0.5, 0.6) is 0 Å². The van der Waals surface area contributed by atoms with E-state index < -0.39 is 0 Å². The van der Waals surface area contributed by atoms with Crippen LogP contribution in [0.2, 0.25) is 0 Å². The first-order valence-electron chi connectivity index (χ1n) is 18.1. The maximum Gasteiger partial charge on any atom is 0.164 e. The summed E-state index contributed by atoms with van der Waals surface area (Å²) in [7, 11) is 0. The summed E-state index contributed by atoms with van der Waals surface area (Å²) < 4.78 is 0. The van der Waals surface area contributed by atoms with Gasteiger partial charge in [-0.1, -0.05) is 127 Å². The summed E-state index contributed by atoms with van der Waals surface area (Å²) >= 11 is 0. The highest BCUT2D eigenvalue weighted by molar-refractivity contribution is 6.37. The van der Waals surface area contributed by atoms with Gasteiger partial charge >= 0.3 is 0 Å². The number of nitrogens with zero attached hydrogens (tertiary/aromatic N) is 4. The van der Waals surface area contributed by atoms with Crippen LogP contribution in [0.25, 0.3) is 110 Å². The second-order valence-corrected chi connectivity index (χ2v) is 13.9. The molecule has 0 amide bonds. The van der Waals surface area contributed by atoms with E-state index in [1.165, 1.54) is 64.6 Å². The molecule has 4 nitrogen and oxygen atoms in total. The second-order valence-electron chi connectivity index (χ2n) is 13.9. The van der Waals surface area contributed by atoms with Crippen molar-refractivity contribution in [2.24, 2.45) is 0 Å². The van der Waals surface area contributed by atoms with E-state index in [4.69, 9.17) is 15.0 Å². The predicted molar refractivity (Wildman–Crippen MR) is 223 cm³/mol. The van der Waals surface area contributed by atoms with Crippen molar-refractivity contribution in [1.82, 2.24) is 15.0 Å². The standard InChI is InChI=1S/C50H28N4/c51-29-30-18-20-35(21-19-30)49-52-48(34-8-2-1-3-9-34)53-50(54-49)38-14-4-13-36(26-38)39-27-37-25-24-33-11-6-16-41-40-15-5-10-31-22-23-32-12-7-17-42(46(32)44(31)40)43(28-39)47(37)45(33)41/h1-28H. The number of nitriles is 1. The SMILES string of the molecule is N#Cc1ccc(-c2nc(-c3ccccc3)nc(-c3cccc(-c4cc5ccc6cccc7c8cccc9ccc%10cccc(c(c4)c5c67)c%10c98)c3)n2)cc1. The van der Waals surface area contributed by atoms with Crippen molar-refractivity contribution in [2.45, 2.75) is 0 Å². The van der Waals surface area contributed by atoms with Crippen molar-refractivity contribution in [1.29, 1.82) is 5.26 Å². The Hall–Kier alpha value is -7.48. The van der Waals surface area contributed by atoms with Gasteiger partial charge in [0.1, 0.15) is 0 Å². The molecule has 0 unspecified atom stereocenters. The summed E-state index contributed by atoms with van der Waals surface area (Å²) in [5.74, 6) is 1.74. The fourth-order valence-corrected chi connectivity index (χ4v) is 8.33. The Bertz CT molecular complexity index is 3320. The minimum atomic E-state index is 0.557. The molecule has 248 valence electrons. The van der Waals surface area contributed by atoms with E-state index >= 15 is 0 Å². The van der Waals surface area contributed by atoms with E-state index in [-0.39, 0.29) is 0 Å². The lowest BCUT2D eigenvalue weighted by molar-refractivity contribution is 1.07. The van der Waals surface area contributed by atoms with Crippen LogP contribution in [0.4, 0.5) is 0 Å². The number of rotatable bonds is 4. The van der Waals surface area contributed by atoms with Gasteiger partial charge in [-0.25, -0.2) is 15.0 Å². The smallest absolute Gasteiger partial charge is 0.164 e. The Labute approximate surface area is 310 Å². The molecule has 0 aliphatic rings. The zero-order chi connectivity index (χ0) is 35.8. The van der Waals surface area contributed by atoms with Gasteiger partial charge in [-0.2, -0.15) is 5.26 Å². The molecule has 11 aromatic rings. The third-order valence-corrected chi connectivity index (χ3v) is 10.8. The summed E-state index contributed by atoms with van der Waals surface area (Å²) in [6.45, 7) is 0. The van der Waals surface area contributed by atoms with Gasteiger partial charge in [-0.05, 0) is 118 Å². The molecular weight excluding hydrogens is 657 g/mol. The molecule has 54 heavy (non-hydrogen) atoms. The Morgan fingerprint density at radius 1 is 0.315 bits per heavy atom. The van der Waals surface area contributed by atoms with Crippen molar-refractivity contribution < 1.29 is 0 Å². The molecule has 0 aliphatic carbocycles. The maximum absolute atomic E-state index is 9.39. The van der Waals surface area contributed by atoms with Gasteiger partial charge in [0.05, 0.1) is 11.6 Å². The van der Waals surface area contributed by atoms with Gasteiger partial charge in [0.15, 0.2) is 17.5 Å². The van der Waals surface area contributed by atoms with Crippen LogP contribution in [0, 0.1) is 11.3 Å². The number of hydrogen-bond donors (Lipinski definition) is 0. The Balaban J connectivity index is 1.17. The average molecular weight is 685 g/mol. The Kier molecular flexibility index (Phi) is 6.58. The second kappa shape index (κ2) is 11.8. The first kappa shape index (κ1) is 30.2. The van der Waals surface area contributed by atoms with Crippen LogP contribution in [0.1, 0.15) is 5.56 Å². The lowest BCUT2D eigenvalue weighted by Gasteiger charge is -2.17. The zero-order valence-corrected chi connectivity index (χ0v) is 29.0. The van der Waals surface area contributed by atoms with Gasteiger partial charge < -0.3 is 0 Å². The van der Waals surface area contributed by atoms with E-state index in [1.807, 2.05) is 42.5 Å². The van der Waals surface area contributed by atoms with Crippen LogP contribution in [0.3, 0.4) is 0 Å². The van der Waals surface area contributed by atoms with Gasteiger partial charge in [-0.3, -0.25) is 0 Å². The normalized spacial score (nSPS) is 11.7. The van der Waals surface area contributed by atoms with Crippen molar-refractivity contribution in [3.05, 3.63) is 175 Å². The lowest BCUT2D eigenvalue weighted by Crippen LogP contribution is -2.00. The minimum absolute atomic E-state index is 0.557.